The standard InChI is InChI=1S/C14H16ClN3/c1-10-6-4-5-7-12(10)8-18(3)14-11(2)13(15)16-9-17-14/h4-7,9H,8H2,1-3H3. The van der Waals surface area contributed by atoms with Crippen LogP contribution in [0.4, 0.5) is 5.82 Å². The molecule has 0 unspecified atom stereocenters. The number of hydrogen-bond acceptors (Lipinski definition) is 3. The largest absolute Gasteiger partial charge is 0.355 e. The van der Waals surface area contributed by atoms with Gasteiger partial charge in [-0.2, -0.15) is 0 Å². The van der Waals surface area contributed by atoms with Crippen LogP contribution in [0.2, 0.25) is 5.15 Å². The van der Waals surface area contributed by atoms with E-state index < -0.39 is 0 Å². The van der Waals surface area contributed by atoms with Crippen molar-refractivity contribution in [2.75, 3.05) is 11.9 Å². The van der Waals surface area contributed by atoms with Gasteiger partial charge in [0.2, 0.25) is 0 Å². The van der Waals surface area contributed by atoms with E-state index in [0.717, 1.165) is 17.9 Å². The van der Waals surface area contributed by atoms with Crippen molar-refractivity contribution in [3.05, 3.63) is 52.4 Å². The highest BCUT2D eigenvalue weighted by Crippen LogP contribution is 2.22. The number of aromatic nitrogens is 2. The lowest BCUT2D eigenvalue weighted by atomic mass is 10.1. The van der Waals surface area contributed by atoms with Crippen molar-refractivity contribution in [2.45, 2.75) is 20.4 Å². The summed E-state index contributed by atoms with van der Waals surface area (Å²) in [6.45, 7) is 4.86. The van der Waals surface area contributed by atoms with Gasteiger partial charge in [-0.3, -0.25) is 0 Å². The minimum atomic E-state index is 0.511. The van der Waals surface area contributed by atoms with Gasteiger partial charge >= 0.3 is 0 Å². The first-order chi connectivity index (χ1) is 8.59. The Morgan fingerprint density at radius 3 is 2.61 bits per heavy atom. The van der Waals surface area contributed by atoms with Crippen LogP contribution in [0.3, 0.4) is 0 Å². The fourth-order valence-electron chi connectivity index (χ4n) is 1.92. The third kappa shape index (κ3) is 2.62. The van der Waals surface area contributed by atoms with Crippen molar-refractivity contribution in [1.82, 2.24) is 9.97 Å². The molecule has 3 nitrogen and oxygen atoms in total. The molecule has 0 saturated heterocycles. The van der Waals surface area contributed by atoms with Gasteiger partial charge in [0, 0.05) is 19.2 Å². The van der Waals surface area contributed by atoms with Gasteiger partial charge in [0.1, 0.15) is 17.3 Å². The Morgan fingerprint density at radius 1 is 1.17 bits per heavy atom. The maximum atomic E-state index is 6.01. The number of aryl methyl sites for hydroxylation is 1. The molecule has 0 saturated carbocycles. The average molecular weight is 262 g/mol. The summed E-state index contributed by atoms with van der Waals surface area (Å²) in [4.78, 5) is 10.4. The Bertz CT molecular complexity index is 554. The first kappa shape index (κ1) is 12.8. The fourth-order valence-corrected chi connectivity index (χ4v) is 2.05. The van der Waals surface area contributed by atoms with E-state index in [1.54, 1.807) is 0 Å². The molecule has 0 bridgehead atoms. The van der Waals surface area contributed by atoms with E-state index in [-0.39, 0.29) is 0 Å². The molecule has 1 aromatic carbocycles. The highest BCUT2D eigenvalue weighted by atomic mass is 35.5. The zero-order valence-electron chi connectivity index (χ0n) is 10.8. The highest BCUT2D eigenvalue weighted by Gasteiger charge is 2.10. The van der Waals surface area contributed by atoms with Crippen LogP contribution in [-0.2, 0) is 6.54 Å². The van der Waals surface area contributed by atoms with Gasteiger partial charge in [-0.15, -0.1) is 0 Å². The topological polar surface area (TPSA) is 29.0 Å². The number of anilines is 1. The summed E-state index contributed by atoms with van der Waals surface area (Å²) in [5.74, 6) is 0.873. The van der Waals surface area contributed by atoms with Crippen LogP contribution in [-0.4, -0.2) is 17.0 Å². The minimum absolute atomic E-state index is 0.511. The van der Waals surface area contributed by atoms with Gasteiger partial charge in [0.05, 0.1) is 0 Å². The van der Waals surface area contributed by atoms with Gasteiger partial charge in [0.15, 0.2) is 0 Å². The fraction of sp³-hybridized carbons (Fsp3) is 0.286. The second kappa shape index (κ2) is 5.36. The molecule has 0 spiro atoms. The van der Waals surface area contributed by atoms with Crippen LogP contribution in [0.25, 0.3) is 0 Å². The summed E-state index contributed by atoms with van der Waals surface area (Å²) < 4.78 is 0. The summed E-state index contributed by atoms with van der Waals surface area (Å²) >= 11 is 6.01. The molecular formula is C14H16ClN3. The lowest BCUT2D eigenvalue weighted by Gasteiger charge is -2.21. The molecule has 0 amide bonds. The quantitative estimate of drug-likeness (QED) is 0.793. The second-order valence-electron chi connectivity index (χ2n) is 4.40. The van der Waals surface area contributed by atoms with Crippen LogP contribution in [0.15, 0.2) is 30.6 Å². The molecule has 1 aromatic heterocycles. The number of rotatable bonds is 3. The normalized spacial score (nSPS) is 10.4. The Kier molecular flexibility index (Phi) is 3.82. The van der Waals surface area contributed by atoms with Crippen molar-refractivity contribution in [2.24, 2.45) is 0 Å². The van der Waals surface area contributed by atoms with Crippen molar-refractivity contribution in [3.63, 3.8) is 0 Å². The van der Waals surface area contributed by atoms with E-state index >= 15 is 0 Å². The van der Waals surface area contributed by atoms with Crippen molar-refractivity contribution >= 4 is 17.4 Å². The molecule has 94 valence electrons. The molecule has 2 rings (SSSR count). The average Bonchev–Trinajstić information content (AvgIpc) is 2.35. The van der Waals surface area contributed by atoms with Gasteiger partial charge in [-0.1, -0.05) is 35.9 Å². The first-order valence-electron chi connectivity index (χ1n) is 5.82. The molecule has 0 fully saturated rings. The monoisotopic (exact) mass is 261 g/mol. The summed E-state index contributed by atoms with van der Waals surface area (Å²) in [7, 11) is 2.01. The number of nitrogens with zero attached hydrogens (tertiary/aromatic N) is 3. The summed E-state index contributed by atoms with van der Waals surface area (Å²) in [6, 6.07) is 8.34. The third-order valence-electron chi connectivity index (χ3n) is 3.03. The molecule has 0 aliphatic heterocycles. The van der Waals surface area contributed by atoms with Gasteiger partial charge in [0.25, 0.3) is 0 Å². The van der Waals surface area contributed by atoms with E-state index in [0.29, 0.717) is 5.15 Å². The summed E-state index contributed by atoms with van der Waals surface area (Å²) in [5, 5.41) is 0.511. The maximum Gasteiger partial charge on any atom is 0.137 e. The lowest BCUT2D eigenvalue weighted by molar-refractivity contribution is 0.876. The Hall–Kier alpha value is -1.61. The smallest absolute Gasteiger partial charge is 0.137 e. The van der Waals surface area contributed by atoms with Crippen molar-refractivity contribution in [1.29, 1.82) is 0 Å². The van der Waals surface area contributed by atoms with E-state index in [1.165, 1.54) is 17.5 Å². The Labute approximate surface area is 112 Å². The third-order valence-corrected chi connectivity index (χ3v) is 3.41. The molecule has 4 heteroatoms. The lowest BCUT2D eigenvalue weighted by Crippen LogP contribution is -2.19. The minimum Gasteiger partial charge on any atom is -0.355 e. The number of benzene rings is 1. The number of hydrogen-bond donors (Lipinski definition) is 0. The van der Waals surface area contributed by atoms with Crippen LogP contribution >= 0.6 is 11.6 Å². The zero-order valence-corrected chi connectivity index (χ0v) is 11.6. The van der Waals surface area contributed by atoms with Crippen molar-refractivity contribution < 1.29 is 0 Å². The predicted octanol–water partition coefficient (Wildman–Crippen LogP) is 3.38. The van der Waals surface area contributed by atoms with E-state index in [1.807, 2.05) is 20.0 Å². The predicted molar refractivity (Wildman–Crippen MR) is 75.1 cm³/mol. The molecule has 1 heterocycles. The highest BCUT2D eigenvalue weighted by molar-refractivity contribution is 6.30. The van der Waals surface area contributed by atoms with Gasteiger partial charge < -0.3 is 4.90 Å². The Morgan fingerprint density at radius 2 is 1.89 bits per heavy atom. The van der Waals surface area contributed by atoms with E-state index in [9.17, 15) is 0 Å². The maximum absolute atomic E-state index is 6.01. The van der Waals surface area contributed by atoms with Crippen molar-refractivity contribution in [3.8, 4) is 0 Å². The molecule has 0 radical (unpaired) electrons. The first-order valence-corrected chi connectivity index (χ1v) is 6.20. The van der Waals surface area contributed by atoms with Crippen LogP contribution in [0, 0.1) is 13.8 Å². The molecule has 2 aromatic rings. The van der Waals surface area contributed by atoms with Gasteiger partial charge in [-0.25, -0.2) is 9.97 Å². The zero-order chi connectivity index (χ0) is 13.1. The summed E-state index contributed by atoms with van der Waals surface area (Å²) in [5.41, 5.74) is 3.48. The van der Waals surface area contributed by atoms with Gasteiger partial charge in [-0.05, 0) is 25.0 Å². The number of halogens is 1. The SMILES string of the molecule is Cc1ccccc1CN(C)c1ncnc(Cl)c1C. The van der Waals surface area contributed by atoms with Crippen LogP contribution in [0.5, 0.6) is 0 Å². The van der Waals surface area contributed by atoms with Crippen LogP contribution < -0.4 is 4.90 Å². The molecule has 18 heavy (non-hydrogen) atoms. The second-order valence-corrected chi connectivity index (χ2v) is 4.75. The molecule has 0 atom stereocenters. The molecule has 0 N–H and O–H groups in total. The molecular weight excluding hydrogens is 246 g/mol. The van der Waals surface area contributed by atoms with E-state index in [2.05, 4.69) is 40.0 Å². The Balaban J connectivity index is 2.25. The van der Waals surface area contributed by atoms with E-state index in [4.69, 9.17) is 11.6 Å². The van der Waals surface area contributed by atoms with Crippen LogP contribution in [0.1, 0.15) is 16.7 Å². The molecule has 0 aliphatic rings. The summed E-state index contributed by atoms with van der Waals surface area (Å²) in [6.07, 6.45) is 1.50. The molecule has 0 aliphatic carbocycles.